The van der Waals surface area contributed by atoms with Gasteiger partial charge in [-0.3, -0.25) is 0 Å². The summed E-state index contributed by atoms with van der Waals surface area (Å²) in [4.78, 5) is 25.3. The average molecular weight is 333 g/mol. The number of carbonyl (C=O) groups excluding carboxylic acids is 1. The van der Waals surface area contributed by atoms with Gasteiger partial charge in [0.1, 0.15) is 0 Å². The summed E-state index contributed by atoms with van der Waals surface area (Å²) >= 11 is 0. The number of amides is 1. The zero-order chi connectivity index (χ0) is 17.5. The maximum Gasteiger partial charge on any atom is 0.410 e. The first-order valence-electron chi connectivity index (χ1n) is 8.84. The van der Waals surface area contributed by atoms with Crippen LogP contribution >= 0.6 is 0 Å². The summed E-state index contributed by atoms with van der Waals surface area (Å²) in [6, 6.07) is 6.01. The number of likely N-dealkylation sites (tertiary alicyclic amines) is 1. The second-order valence-corrected chi connectivity index (χ2v) is 6.27. The maximum atomic E-state index is 12.2. The summed E-state index contributed by atoms with van der Waals surface area (Å²) in [6.45, 7) is 5.49. The van der Waals surface area contributed by atoms with Crippen molar-refractivity contribution in [3.05, 3.63) is 34.9 Å². The van der Waals surface area contributed by atoms with Crippen LogP contribution in [0.25, 0.3) is 0 Å². The van der Waals surface area contributed by atoms with E-state index >= 15 is 0 Å². The third-order valence-corrected chi connectivity index (χ3v) is 4.59. The first-order chi connectivity index (χ1) is 11.5. The predicted molar refractivity (Wildman–Crippen MR) is 92.2 cm³/mol. The standard InChI is InChI=1S/C19H27NO4/c1-3-15-9-8-14(12-16(15)4-2)13-17(18(21)22)24-19(23)20-10-6-5-7-11-20/h8-9,12,17H,3-7,10-11,13H2,1-2H3,(H,21,22)/t17-/m1/s1. The molecule has 0 bridgehead atoms. The van der Waals surface area contributed by atoms with E-state index in [4.69, 9.17) is 4.74 Å². The van der Waals surface area contributed by atoms with Crippen LogP contribution in [0, 0.1) is 0 Å². The first kappa shape index (κ1) is 18.3. The number of carboxylic acid groups (broad SMARTS) is 1. The lowest BCUT2D eigenvalue weighted by Gasteiger charge is -2.27. The zero-order valence-electron chi connectivity index (χ0n) is 14.6. The highest BCUT2D eigenvalue weighted by atomic mass is 16.6. The average Bonchev–Trinajstić information content (AvgIpc) is 2.61. The summed E-state index contributed by atoms with van der Waals surface area (Å²) in [5.41, 5.74) is 3.39. The van der Waals surface area contributed by atoms with Gasteiger partial charge >= 0.3 is 12.1 Å². The molecule has 1 fully saturated rings. The van der Waals surface area contributed by atoms with E-state index < -0.39 is 18.2 Å². The fourth-order valence-electron chi connectivity index (χ4n) is 3.15. The van der Waals surface area contributed by atoms with Gasteiger partial charge in [0.15, 0.2) is 0 Å². The Bertz CT molecular complexity index is 579. The van der Waals surface area contributed by atoms with E-state index in [2.05, 4.69) is 13.8 Å². The lowest BCUT2D eigenvalue weighted by molar-refractivity contribution is -0.147. The molecule has 132 valence electrons. The fourth-order valence-corrected chi connectivity index (χ4v) is 3.15. The Morgan fingerprint density at radius 1 is 1.12 bits per heavy atom. The highest BCUT2D eigenvalue weighted by Gasteiger charge is 2.26. The smallest absolute Gasteiger partial charge is 0.410 e. The van der Waals surface area contributed by atoms with Crippen LogP contribution < -0.4 is 0 Å². The van der Waals surface area contributed by atoms with Gasteiger partial charge in [0, 0.05) is 19.5 Å². The van der Waals surface area contributed by atoms with Gasteiger partial charge in [-0.25, -0.2) is 9.59 Å². The third kappa shape index (κ3) is 4.73. The predicted octanol–water partition coefficient (Wildman–Crippen LogP) is 3.43. The van der Waals surface area contributed by atoms with Gasteiger partial charge in [0.25, 0.3) is 0 Å². The molecule has 0 aromatic heterocycles. The minimum Gasteiger partial charge on any atom is -0.478 e. The van der Waals surface area contributed by atoms with Crippen LogP contribution in [0.5, 0.6) is 0 Å². The molecule has 1 saturated heterocycles. The van der Waals surface area contributed by atoms with E-state index in [0.717, 1.165) is 37.7 Å². The number of nitrogens with zero attached hydrogens (tertiary/aromatic N) is 1. The molecule has 0 unspecified atom stereocenters. The van der Waals surface area contributed by atoms with Gasteiger partial charge < -0.3 is 14.7 Å². The van der Waals surface area contributed by atoms with Crippen molar-refractivity contribution in [1.29, 1.82) is 0 Å². The molecule has 1 amide bonds. The number of aliphatic carboxylic acids is 1. The second kappa shape index (κ2) is 8.71. The Kier molecular flexibility index (Phi) is 6.64. The molecule has 0 aliphatic carbocycles. The van der Waals surface area contributed by atoms with Crippen LogP contribution in [0.3, 0.4) is 0 Å². The molecule has 24 heavy (non-hydrogen) atoms. The van der Waals surface area contributed by atoms with Gasteiger partial charge in [0.2, 0.25) is 6.10 Å². The number of carboxylic acids is 1. The van der Waals surface area contributed by atoms with Crippen molar-refractivity contribution < 1.29 is 19.4 Å². The SMILES string of the molecule is CCc1ccc(C[C@@H](OC(=O)N2CCCCC2)C(=O)O)cc1CC. The summed E-state index contributed by atoms with van der Waals surface area (Å²) in [5.74, 6) is -1.10. The molecule has 0 saturated carbocycles. The van der Waals surface area contributed by atoms with Crippen molar-refractivity contribution in [1.82, 2.24) is 4.90 Å². The fraction of sp³-hybridized carbons (Fsp3) is 0.579. The molecule has 1 aliphatic heterocycles. The highest BCUT2D eigenvalue weighted by Crippen LogP contribution is 2.17. The normalized spacial score (nSPS) is 15.8. The van der Waals surface area contributed by atoms with Gasteiger partial charge in [-0.15, -0.1) is 0 Å². The van der Waals surface area contributed by atoms with Crippen LogP contribution in [0.1, 0.15) is 49.8 Å². The lowest BCUT2D eigenvalue weighted by atomic mass is 9.97. The summed E-state index contributed by atoms with van der Waals surface area (Å²) in [5, 5.41) is 9.41. The molecule has 1 aliphatic rings. The van der Waals surface area contributed by atoms with E-state index in [0.29, 0.717) is 13.1 Å². The Morgan fingerprint density at radius 3 is 2.38 bits per heavy atom. The van der Waals surface area contributed by atoms with E-state index in [1.54, 1.807) is 4.90 Å². The van der Waals surface area contributed by atoms with Crippen molar-refractivity contribution in [3.8, 4) is 0 Å². The molecule has 5 heteroatoms. The van der Waals surface area contributed by atoms with E-state index in [1.807, 2.05) is 18.2 Å². The van der Waals surface area contributed by atoms with E-state index in [1.165, 1.54) is 11.1 Å². The molecule has 1 heterocycles. The lowest BCUT2D eigenvalue weighted by Crippen LogP contribution is -2.40. The molecule has 1 N–H and O–H groups in total. The van der Waals surface area contributed by atoms with Crippen LogP contribution in [0.2, 0.25) is 0 Å². The number of rotatable bonds is 6. The quantitative estimate of drug-likeness (QED) is 0.866. The van der Waals surface area contributed by atoms with Crippen molar-refractivity contribution in [2.24, 2.45) is 0 Å². The maximum absolute atomic E-state index is 12.2. The summed E-state index contributed by atoms with van der Waals surface area (Å²) in [7, 11) is 0. The van der Waals surface area contributed by atoms with Crippen LogP contribution in [0.15, 0.2) is 18.2 Å². The van der Waals surface area contributed by atoms with Crippen molar-refractivity contribution in [2.75, 3.05) is 13.1 Å². The minimum atomic E-state index is -1.14. The first-order valence-corrected chi connectivity index (χ1v) is 8.84. The van der Waals surface area contributed by atoms with Crippen LogP contribution in [0.4, 0.5) is 4.79 Å². The van der Waals surface area contributed by atoms with Gasteiger partial charge in [-0.05, 0) is 48.8 Å². The monoisotopic (exact) mass is 333 g/mol. The largest absolute Gasteiger partial charge is 0.478 e. The Morgan fingerprint density at radius 2 is 1.79 bits per heavy atom. The third-order valence-electron chi connectivity index (χ3n) is 4.59. The molecule has 1 atom stereocenters. The van der Waals surface area contributed by atoms with Crippen molar-refractivity contribution >= 4 is 12.1 Å². The molecular weight excluding hydrogens is 306 g/mol. The number of ether oxygens (including phenoxy) is 1. The van der Waals surface area contributed by atoms with Gasteiger partial charge in [-0.2, -0.15) is 0 Å². The molecule has 0 spiro atoms. The number of benzene rings is 1. The topological polar surface area (TPSA) is 66.8 Å². The minimum absolute atomic E-state index is 0.200. The van der Waals surface area contributed by atoms with Gasteiger partial charge in [0.05, 0.1) is 0 Å². The molecule has 1 aromatic carbocycles. The van der Waals surface area contributed by atoms with Crippen LogP contribution in [-0.4, -0.2) is 41.3 Å². The number of aryl methyl sites for hydroxylation is 2. The Labute approximate surface area is 143 Å². The van der Waals surface area contributed by atoms with Crippen LogP contribution in [-0.2, 0) is 28.8 Å². The zero-order valence-corrected chi connectivity index (χ0v) is 14.6. The summed E-state index contributed by atoms with van der Waals surface area (Å²) in [6.07, 6.45) is 3.41. The molecule has 2 rings (SSSR count). The number of carbonyl (C=O) groups is 2. The number of piperidine rings is 1. The molecule has 1 aromatic rings. The van der Waals surface area contributed by atoms with Gasteiger partial charge in [-0.1, -0.05) is 32.0 Å². The molecular formula is C19H27NO4. The van der Waals surface area contributed by atoms with E-state index in [-0.39, 0.29) is 6.42 Å². The molecule has 5 nitrogen and oxygen atoms in total. The Hall–Kier alpha value is -2.04. The van der Waals surface area contributed by atoms with Crippen molar-refractivity contribution in [2.45, 2.75) is 58.5 Å². The van der Waals surface area contributed by atoms with E-state index in [9.17, 15) is 14.7 Å². The highest BCUT2D eigenvalue weighted by molar-refractivity contribution is 5.77. The Balaban J connectivity index is 2.05. The molecule has 0 radical (unpaired) electrons. The number of hydrogen-bond donors (Lipinski definition) is 1. The number of hydrogen-bond acceptors (Lipinski definition) is 3. The second-order valence-electron chi connectivity index (χ2n) is 6.27. The summed E-state index contributed by atoms with van der Waals surface area (Å²) < 4.78 is 5.27. The van der Waals surface area contributed by atoms with Crippen molar-refractivity contribution in [3.63, 3.8) is 0 Å².